The molecule has 8 unspecified atom stereocenters. The molecule has 1 rings (SSSR count). The summed E-state index contributed by atoms with van der Waals surface area (Å²) in [5.74, 6) is -0.556. The molecule has 0 radical (unpaired) electrons. The highest BCUT2D eigenvalue weighted by molar-refractivity contribution is 7.47. The number of phosphoric ester groups is 1. The van der Waals surface area contributed by atoms with Crippen molar-refractivity contribution in [2.75, 3.05) is 6.61 Å². The van der Waals surface area contributed by atoms with Crippen LogP contribution >= 0.6 is 7.82 Å². The molecule has 0 spiro atoms. The maximum atomic E-state index is 13.0. The van der Waals surface area contributed by atoms with Gasteiger partial charge in [-0.15, -0.1) is 0 Å². The maximum Gasteiger partial charge on any atom is 0.472 e. The van der Waals surface area contributed by atoms with Crippen LogP contribution in [-0.2, 0) is 18.4 Å². The Morgan fingerprint density at radius 1 is 0.508 bits per heavy atom. The molecule has 14 heteroatoms. The fourth-order valence-electron chi connectivity index (χ4n) is 8.36. The van der Waals surface area contributed by atoms with Gasteiger partial charge in [-0.05, 0) is 12.8 Å². The molecular formula is C47H94NO12P. The summed E-state index contributed by atoms with van der Waals surface area (Å²) in [6.07, 6.45) is 24.4. The zero-order chi connectivity index (χ0) is 45.1. The number of carbonyl (C=O) groups excluding carboxylic acids is 1. The fraction of sp³-hybridized carbons (Fsp3) is 0.979. The Morgan fingerprint density at radius 3 is 1.18 bits per heavy atom. The molecular weight excluding hydrogens is 801 g/mol. The molecule has 0 aromatic rings. The van der Waals surface area contributed by atoms with Gasteiger partial charge in [-0.3, -0.25) is 13.8 Å². The van der Waals surface area contributed by atoms with Gasteiger partial charge in [-0.25, -0.2) is 4.57 Å². The Hall–Kier alpha value is -0.700. The van der Waals surface area contributed by atoms with E-state index in [2.05, 4.69) is 19.2 Å². The van der Waals surface area contributed by atoms with Crippen LogP contribution in [0.3, 0.4) is 0 Å². The third-order valence-electron chi connectivity index (χ3n) is 12.5. The molecule has 8 atom stereocenters. The zero-order valence-electron chi connectivity index (χ0n) is 38.6. The van der Waals surface area contributed by atoms with Crippen molar-refractivity contribution in [3.8, 4) is 0 Å². The van der Waals surface area contributed by atoms with Gasteiger partial charge in [-0.1, -0.05) is 213 Å². The molecule has 0 aliphatic heterocycles. The molecule has 1 amide bonds. The van der Waals surface area contributed by atoms with Crippen LogP contribution in [0, 0.1) is 0 Å². The number of rotatable bonds is 42. The third-order valence-corrected chi connectivity index (χ3v) is 13.5. The van der Waals surface area contributed by atoms with E-state index < -0.39 is 75.2 Å². The van der Waals surface area contributed by atoms with Crippen molar-refractivity contribution in [1.29, 1.82) is 0 Å². The quantitative estimate of drug-likeness (QED) is 0.0207. The predicted molar refractivity (Wildman–Crippen MR) is 243 cm³/mol. The second-order valence-electron chi connectivity index (χ2n) is 18.2. The lowest BCUT2D eigenvalue weighted by atomic mass is 9.85. The highest BCUT2D eigenvalue weighted by atomic mass is 31.2. The molecule has 1 fully saturated rings. The van der Waals surface area contributed by atoms with Crippen LogP contribution in [0.15, 0.2) is 0 Å². The van der Waals surface area contributed by atoms with Gasteiger partial charge in [0.25, 0.3) is 0 Å². The normalized spacial score (nSPS) is 23.1. The van der Waals surface area contributed by atoms with E-state index in [1.54, 1.807) is 0 Å². The number of hydrogen-bond acceptors (Lipinski definition) is 11. The van der Waals surface area contributed by atoms with E-state index in [0.29, 0.717) is 12.8 Å². The van der Waals surface area contributed by atoms with Gasteiger partial charge in [0, 0.05) is 0 Å². The molecule has 364 valence electrons. The zero-order valence-corrected chi connectivity index (χ0v) is 39.5. The first-order valence-electron chi connectivity index (χ1n) is 25.1. The van der Waals surface area contributed by atoms with Crippen LogP contribution in [0.25, 0.3) is 0 Å². The number of carbonyl (C=O) groups is 1. The Morgan fingerprint density at radius 2 is 0.820 bits per heavy atom. The molecule has 1 aliphatic rings. The predicted octanol–water partition coefficient (Wildman–Crippen LogP) is 8.82. The number of aliphatic hydroxyl groups excluding tert-OH is 7. The summed E-state index contributed by atoms with van der Waals surface area (Å²) in [5.41, 5.74) is 0. The first-order chi connectivity index (χ1) is 29.3. The van der Waals surface area contributed by atoms with Crippen molar-refractivity contribution in [2.24, 2.45) is 0 Å². The number of amides is 1. The number of phosphoric acid groups is 1. The lowest BCUT2D eigenvalue weighted by Gasteiger charge is -2.41. The van der Waals surface area contributed by atoms with Gasteiger partial charge in [-0.2, -0.15) is 0 Å². The molecule has 0 aromatic carbocycles. The summed E-state index contributed by atoms with van der Waals surface area (Å²) in [7, 11) is -5.11. The Kier molecular flexibility index (Phi) is 35.9. The molecule has 0 heterocycles. The number of nitrogens with one attached hydrogen (secondary N) is 1. The Labute approximate surface area is 370 Å². The number of aliphatic hydroxyl groups is 7. The smallest absolute Gasteiger partial charge is 0.393 e. The molecule has 1 saturated carbocycles. The van der Waals surface area contributed by atoms with E-state index in [4.69, 9.17) is 9.05 Å². The van der Waals surface area contributed by atoms with Gasteiger partial charge < -0.3 is 46.0 Å². The molecule has 61 heavy (non-hydrogen) atoms. The van der Waals surface area contributed by atoms with Gasteiger partial charge in [0.1, 0.15) is 36.6 Å². The van der Waals surface area contributed by atoms with Gasteiger partial charge in [0.2, 0.25) is 5.91 Å². The largest absolute Gasteiger partial charge is 0.472 e. The monoisotopic (exact) mass is 896 g/mol. The first kappa shape index (κ1) is 58.3. The van der Waals surface area contributed by atoms with Crippen molar-refractivity contribution in [3.05, 3.63) is 0 Å². The Bertz CT molecular complexity index is 1060. The minimum Gasteiger partial charge on any atom is -0.393 e. The lowest BCUT2D eigenvalue weighted by molar-refractivity contribution is -0.220. The highest BCUT2D eigenvalue weighted by Crippen LogP contribution is 2.47. The first-order valence-corrected chi connectivity index (χ1v) is 26.6. The van der Waals surface area contributed by atoms with Crippen LogP contribution < -0.4 is 5.32 Å². The number of hydrogen-bond donors (Lipinski definition) is 9. The second kappa shape index (κ2) is 37.5. The van der Waals surface area contributed by atoms with E-state index in [-0.39, 0.29) is 12.8 Å². The van der Waals surface area contributed by atoms with Crippen LogP contribution in [0.2, 0.25) is 0 Å². The van der Waals surface area contributed by atoms with E-state index in [1.165, 1.54) is 141 Å². The maximum absolute atomic E-state index is 13.0. The van der Waals surface area contributed by atoms with Gasteiger partial charge in [0.15, 0.2) is 0 Å². The summed E-state index contributed by atoms with van der Waals surface area (Å²) in [6.45, 7) is 3.80. The fourth-order valence-corrected chi connectivity index (χ4v) is 9.33. The summed E-state index contributed by atoms with van der Waals surface area (Å²) in [5, 5.41) is 74.7. The Balaban J connectivity index is 2.43. The van der Waals surface area contributed by atoms with Crippen LogP contribution in [0.1, 0.15) is 232 Å². The third kappa shape index (κ3) is 29.5. The summed E-state index contributed by atoms with van der Waals surface area (Å²) < 4.78 is 22.9. The number of unbranched alkanes of at least 4 members (excludes halogenated alkanes) is 29. The van der Waals surface area contributed by atoms with Crippen LogP contribution in [0.5, 0.6) is 0 Å². The minimum absolute atomic E-state index is 0.216. The van der Waals surface area contributed by atoms with Crippen molar-refractivity contribution in [3.63, 3.8) is 0 Å². The van der Waals surface area contributed by atoms with Crippen molar-refractivity contribution >= 4 is 13.7 Å². The molecule has 13 nitrogen and oxygen atoms in total. The summed E-state index contributed by atoms with van der Waals surface area (Å²) in [6, 6.07) is -1.15. The highest BCUT2D eigenvalue weighted by Gasteiger charge is 2.51. The van der Waals surface area contributed by atoms with E-state index in [0.717, 1.165) is 51.4 Å². The molecule has 0 aromatic heterocycles. The second-order valence-corrected chi connectivity index (χ2v) is 19.6. The lowest BCUT2D eigenvalue weighted by Crippen LogP contribution is -2.64. The van der Waals surface area contributed by atoms with Crippen molar-refractivity contribution in [2.45, 2.75) is 287 Å². The topological polar surface area (TPSA) is 226 Å². The van der Waals surface area contributed by atoms with E-state index in [1.807, 2.05) is 0 Å². The van der Waals surface area contributed by atoms with E-state index >= 15 is 0 Å². The van der Waals surface area contributed by atoms with Gasteiger partial charge >= 0.3 is 7.82 Å². The van der Waals surface area contributed by atoms with Crippen molar-refractivity contribution < 1.29 is 59.0 Å². The summed E-state index contributed by atoms with van der Waals surface area (Å²) in [4.78, 5) is 23.5. The average molecular weight is 896 g/mol. The molecule has 9 N–H and O–H groups in total. The molecule has 0 bridgehead atoms. The van der Waals surface area contributed by atoms with E-state index in [9.17, 15) is 50.0 Å². The van der Waals surface area contributed by atoms with Crippen LogP contribution in [0.4, 0.5) is 0 Å². The average Bonchev–Trinajstić information content (AvgIpc) is 3.23. The minimum atomic E-state index is -5.11. The summed E-state index contributed by atoms with van der Waals surface area (Å²) >= 11 is 0. The SMILES string of the molecule is CCCCCCCCCCCCCCCCCCCCCC(O)CC(=O)NC(COP(=O)(O)OC1C(O)C(O)C(O)C(O)C1O)C(O)CCCCCCCCCCCCCC. The van der Waals surface area contributed by atoms with Crippen molar-refractivity contribution in [1.82, 2.24) is 5.32 Å². The standard InChI is InChI=1S/C47H94NO12P/c1-3-5-7-9-11-13-15-17-18-19-20-21-22-23-24-26-28-30-32-34-38(49)36-41(51)48-39(40(50)35-33-31-29-27-25-16-14-12-10-8-6-4-2)37-59-61(57,58)60-47-45(55)43(53)42(52)44(54)46(47)56/h38-40,42-47,49-50,52-56H,3-37H2,1-2H3,(H,48,51)(H,57,58). The van der Waals surface area contributed by atoms with Crippen LogP contribution in [-0.4, -0.2) is 108 Å². The van der Waals surface area contributed by atoms with Gasteiger partial charge in [0.05, 0.1) is 31.3 Å². The molecule has 0 saturated heterocycles. The molecule has 1 aliphatic carbocycles.